The van der Waals surface area contributed by atoms with Gasteiger partial charge in [0.2, 0.25) is 0 Å². The summed E-state index contributed by atoms with van der Waals surface area (Å²) in [5.74, 6) is 0.891. The van der Waals surface area contributed by atoms with Crippen molar-refractivity contribution in [1.82, 2.24) is 4.90 Å². The molecular formula is C39H81N. The van der Waals surface area contributed by atoms with Crippen molar-refractivity contribution in [3.8, 4) is 0 Å². The Hall–Kier alpha value is -0.0400. The Morgan fingerprint density at radius 2 is 0.525 bits per heavy atom. The third kappa shape index (κ3) is 34.2. The molecule has 0 amide bonds. The molecule has 0 N–H and O–H groups in total. The van der Waals surface area contributed by atoms with Gasteiger partial charge in [0.1, 0.15) is 0 Å². The van der Waals surface area contributed by atoms with Crippen molar-refractivity contribution in [2.45, 2.75) is 227 Å². The van der Waals surface area contributed by atoms with Crippen LogP contribution in [0.2, 0.25) is 0 Å². The van der Waals surface area contributed by atoms with Crippen LogP contribution in [-0.4, -0.2) is 24.5 Å². The van der Waals surface area contributed by atoms with E-state index in [0.29, 0.717) is 0 Å². The molecule has 0 aliphatic carbocycles. The number of nitrogens with zero attached hydrogens (tertiary/aromatic N) is 1. The molecule has 0 aliphatic rings. The van der Waals surface area contributed by atoms with E-state index in [4.69, 9.17) is 0 Å². The van der Waals surface area contributed by atoms with Gasteiger partial charge in [0.25, 0.3) is 0 Å². The number of rotatable bonds is 35. The maximum Gasteiger partial charge on any atom is -0.00187 e. The van der Waals surface area contributed by atoms with Crippen molar-refractivity contribution in [2.24, 2.45) is 5.92 Å². The molecule has 0 atom stereocenters. The summed E-state index contributed by atoms with van der Waals surface area (Å²) in [6.45, 7) is 13.4. The summed E-state index contributed by atoms with van der Waals surface area (Å²) >= 11 is 0. The summed E-state index contributed by atoms with van der Waals surface area (Å²) in [7, 11) is 0. The SMILES string of the molecule is CCCCCCCCCCCN(CCCCCCCCCCC)CCCCCCCCCCCCCCC(C)C. The second kappa shape index (κ2) is 35.2. The Kier molecular flexibility index (Phi) is 35.1. The summed E-state index contributed by atoms with van der Waals surface area (Å²) in [6, 6.07) is 0. The van der Waals surface area contributed by atoms with Crippen molar-refractivity contribution >= 4 is 0 Å². The Morgan fingerprint density at radius 3 is 0.775 bits per heavy atom. The molecule has 0 unspecified atom stereocenters. The highest BCUT2D eigenvalue weighted by molar-refractivity contribution is 4.61. The number of hydrogen-bond donors (Lipinski definition) is 0. The molecule has 0 radical (unpaired) electrons. The van der Waals surface area contributed by atoms with Crippen LogP contribution in [0.25, 0.3) is 0 Å². The predicted octanol–water partition coefficient (Wildman–Crippen LogP) is 14.1. The van der Waals surface area contributed by atoms with Crippen LogP contribution in [0.1, 0.15) is 227 Å². The minimum Gasteiger partial charge on any atom is -0.303 e. The fraction of sp³-hybridized carbons (Fsp3) is 1.00. The molecule has 0 spiro atoms. The van der Waals surface area contributed by atoms with Gasteiger partial charge in [-0.1, -0.05) is 207 Å². The summed E-state index contributed by atoms with van der Waals surface area (Å²) in [4.78, 5) is 2.85. The maximum absolute atomic E-state index is 2.85. The fourth-order valence-corrected chi connectivity index (χ4v) is 6.28. The molecule has 0 aliphatic heterocycles. The van der Waals surface area contributed by atoms with Crippen molar-refractivity contribution in [2.75, 3.05) is 19.6 Å². The van der Waals surface area contributed by atoms with Crippen molar-refractivity contribution in [3.63, 3.8) is 0 Å². The van der Waals surface area contributed by atoms with Crippen LogP contribution in [0, 0.1) is 5.92 Å². The van der Waals surface area contributed by atoms with Gasteiger partial charge in [0.15, 0.2) is 0 Å². The van der Waals surface area contributed by atoms with Crippen LogP contribution < -0.4 is 0 Å². The van der Waals surface area contributed by atoms with Gasteiger partial charge in [-0.25, -0.2) is 0 Å². The molecule has 0 aromatic rings. The number of hydrogen-bond acceptors (Lipinski definition) is 1. The molecule has 0 saturated heterocycles. The fourth-order valence-electron chi connectivity index (χ4n) is 6.28. The van der Waals surface area contributed by atoms with Crippen LogP contribution in [0.4, 0.5) is 0 Å². The highest BCUT2D eigenvalue weighted by Gasteiger charge is 2.05. The lowest BCUT2D eigenvalue weighted by atomic mass is 10.0. The topological polar surface area (TPSA) is 3.24 Å². The Balaban J connectivity index is 3.82. The second-order valence-electron chi connectivity index (χ2n) is 13.9. The van der Waals surface area contributed by atoms with Gasteiger partial charge < -0.3 is 4.90 Å². The quantitative estimate of drug-likeness (QED) is 0.0693. The molecule has 1 heteroatoms. The lowest BCUT2D eigenvalue weighted by molar-refractivity contribution is 0.254. The zero-order valence-corrected chi connectivity index (χ0v) is 29.1. The molecule has 0 aromatic heterocycles. The van der Waals surface area contributed by atoms with Crippen LogP contribution in [0.3, 0.4) is 0 Å². The summed E-state index contributed by atoms with van der Waals surface area (Å²) in [5.41, 5.74) is 0. The lowest BCUT2D eigenvalue weighted by Crippen LogP contribution is -2.27. The van der Waals surface area contributed by atoms with E-state index < -0.39 is 0 Å². The van der Waals surface area contributed by atoms with Crippen LogP contribution >= 0.6 is 0 Å². The largest absolute Gasteiger partial charge is 0.303 e. The van der Waals surface area contributed by atoms with E-state index in [2.05, 4.69) is 32.6 Å². The molecule has 40 heavy (non-hydrogen) atoms. The number of unbranched alkanes of at least 4 members (excludes halogenated alkanes) is 27. The van der Waals surface area contributed by atoms with Crippen molar-refractivity contribution in [1.29, 1.82) is 0 Å². The molecule has 0 rings (SSSR count). The molecule has 0 aromatic carbocycles. The third-order valence-electron chi connectivity index (χ3n) is 9.16. The second-order valence-corrected chi connectivity index (χ2v) is 13.9. The summed E-state index contributed by atoms with van der Waals surface area (Å²) < 4.78 is 0. The molecule has 242 valence electrons. The third-order valence-corrected chi connectivity index (χ3v) is 9.16. The lowest BCUT2D eigenvalue weighted by Gasteiger charge is -2.22. The molecule has 0 saturated carbocycles. The van der Waals surface area contributed by atoms with Gasteiger partial charge >= 0.3 is 0 Å². The van der Waals surface area contributed by atoms with E-state index in [1.807, 2.05) is 0 Å². The molecule has 0 fully saturated rings. The average Bonchev–Trinajstić information content (AvgIpc) is 2.94. The first-order valence-corrected chi connectivity index (χ1v) is 19.4. The highest BCUT2D eigenvalue weighted by Crippen LogP contribution is 2.16. The van der Waals surface area contributed by atoms with Gasteiger partial charge in [-0.2, -0.15) is 0 Å². The van der Waals surface area contributed by atoms with Gasteiger partial charge in [-0.3, -0.25) is 0 Å². The molecular weight excluding hydrogens is 482 g/mol. The highest BCUT2D eigenvalue weighted by atomic mass is 15.1. The van der Waals surface area contributed by atoms with Crippen LogP contribution in [-0.2, 0) is 0 Å². The average molecular weight is 564 g/mol. The van der Waals surface area contributed by atoms with E-state index in [9.17, 15) is 0 Å². The first kappa shape index (κ1) is 40.0. The van der Waals surface area contributed by atoms with Gasteiger partial charge in [-0.15, -0.1) is 0 Å². The first-order chi connectivity index (χ1) is 19.7. The minimum atomic E-state index is 0.891. The zero-order valence-electron chi connectivity index (χ0n) is 29.1. The van der Waals surface area contributed by atoms with Gasteiger partial charge in [0.05, 0.1) is 0 Å². The summed E-state index contributed by atoms with van der Waals surface area (Å²) in [5, 5.41) is 0. The van der Waals surface area contributed by atoms with E-state index in [0.717, 1.165) is 5.92 Å². The predicted molar refractivity (Wildman–Crippen MR) is 186 cm³/mol. The first-order valence-electron chi connectivity index (χ1n) is 19.4. The Morgan fingerprint density at radius 1 is 0.300 bits per heavy atom. The van der Waals surface area contributed by atoms with E-state index >= 15 is 0 Å². The van der Waals surface area contributed by atoms with E-state index in [1.165, 1.54) is 219 Å². The van der Waals surface area contributed by atoms with E-state index in [-0.39, 0.29) is 0 Å². The van der Waals surface area contributed by atoms with Crippen LogP contribution in [0.15, 0.2) is 0 Å². The smallest absolute Gasteiger partial charge is 0.00187 e. The van der Waals surface area contributed by atoms with Crippen molar-refractivity contribution in [3.05, 3.63) is 0 Å². The molecule has 0 heterocycles. The van der Waals surface area contributed by atoms with Gasteiger partial charge in [0, 0.05) is 0 Å². The minimum absolute atomic E-state index is 0.891. The normalized spacial score (nSPS) is 11.8. The zero-order chi connectivity index (χ0) is 29.2. The maximum atomic E-state index is 2.85. The molecule has 1 nitrogen and oxygen atoms in total. The monoisotopic (exact) mass is 564 g/mol. The van der Waals surface area contributed by atoms with Gasteiger partial charge in [-0.05, 0) is 44.8 Å². The van der Waals surface area contributed by atoms with Crippen LogP contribution in [0.5, 0.6) is 0 Å². The van der Waals surface area contributed by atoms with Crippen molar-refractivity contribution < 1.29 is 0 Å². The Labute approximate surface area is 256 Å². The Bertz CT molecular complexity index is 409. The molecule has 0 bridgehead atoms. The van der Waals surface area contributed by atoms with E-state index in [1.54, 1.807) is 0 Å². The summed E-state index contributed by atoms with van der Waals surface area (Å²) in [6.07, 6.45) is 45.1. The standard InChI is InChI=1S/C39H81N/c1-5-7-9-11-13-20-24-28-32-36-40(37-33-29-25-21-14-12-10-8-6-2)38-34-30-26-22-18-16-15-17-19-23-27-31-35-39(3)4/h39H,5-38H2,1-4H3.